The molecule has 0 spiro atoms. The molecule has 0 atom stereocenters. The SMILES string of the molecule is [2H]c1c([2H])c([2H])c(N(c2c([2H])c([2H])c(-c3c([2H])c([2H])c4c([2H])c([2H])c([2H])c([2H])c4c3-c3c([2H])c([2H])c([2H])c4c3-c3c([2H])c([2H])c([2H])c([2H])c3C4(c3c([2H])c([2H])c([2H])c([2H])c3[2H])c3c([2H])c([2H])c([2H])c([2H])c3[2H])c([2H])c2[2H])c2c([2H])c([2H])c3c(c2[2H])C(C([2H])([2H])[2H])(C([2H])([2H])[2H])c2c([2H])c([2H])c([2H])c([2H])c2-3)c([2H])c1[2H]. The Hall–Kier alpha value is -7.74. The van der Waals surface area contributed by atoms with Crippen LogP contribution >= 0.6 is 0 Å². The van der Waals surface area contributed by atoms with Crippen LogP contribution < -0.4 is 4.90 Å². The van der Waals surface area contributed by atoms with Crippen LogP contribution in [-0.2, 0) is 10.8 Å². The average molecular weight is 849 g/mol. The Balaban J connectivity index is 1.35. The summed E-state index contributed by atoms with van der Waals surface area (Å²) >= 11 is 0. The molecule has 0 bridgehead atoms. The lowest BCUT2D eigenvalue weighted by Crippen LogP contribution is -2.28. The van der Waals surface area contributed by atoms with Gasteiger partial charge >= 0.3 is 0 Å². The van der Waals surface area contributed by atoms with Gasteiger partial charge in [0.05, 0.1) is 58.9 Å². The molecule has 0 amide bonds. The van der Waals surface area contributed by atoms with Gasteiger partial charge in [0.2, 0.25) is 0 Å². The van der Waals surface area contributed by atoms with E-state index in [0.29, 0.717) is 0 Å². The van der Waals surface area contributed by atoms with Crippen molar-refractivity contribution >= 4 is 27.8 Å². The van der Waals surface area contributed by atoms with E-state index in [1.54, 1.807) is 0 Å². The maximum atomic E-state index is 10.2. The van der Waals surface area contributed by atoms with E-state index in [2.05, 4.69) is 0 Å². The zero-order valence-electron chi connectivity index (χ0n) is 76.4. The Bertz CT molecular complexity index is 5710. The second-order valence-electron chi connectivity index (χ2n) is 13.8. The smallest absolute Gasteiger partial charge is 0.0713 e. The predicted molar refractivity (Wildman–Crippen MR) is 264 cm³/mol. The summed E-state index contributed by atoms with van der Waals surface area (Å²) in [6.07, 6.45) is 0. The highest BCUT2D eigenvalue weighted by molar-refractivity contribution is 6.09. The van der Waals surface area contributed by atoms with E-state index in [4.69, 9.17) is 28.8 Å². The van der Waals surface area contributed by atoms with Gasteiger partial charge in [-0.1, -0.05) is 213 Å². The molecule has 63 heavy (non-hydrogen) atoms. The minimum absolute atomic E-state index is 0.0561. The number of fused-ring (bicyclic) bond motifs is 7. The molecule has 10 aromatic rings. The fourth-order valence-electron chi connectivity index (χ4n) is 7.99. The topological polar surface area (TPSA) is 3.24 Å². The molecule has 0 heterocycles. The van der Waals surface area contributed by atoms with E-state index in [1.807, 2.05) is 0 Å². The van der Waals surface area contributed by atoms with E-state index in [-0.39, 0.29) is 4.90 Å². The number of nitrogens with zero attached hydrogens (tertiary/aromatic N) is 1. The molecule has 2 aliphatic rings. The van der Waals surface area contributed by atoms with Crippen LogP contribution in [0.3, 0.4) is 0 Å². The van der Waals surface area contributed by atoms with Gasteiger partial charge in [-0.25, -0.2) is 0 Å². The van der Waals surface area contributed by atoms with E-state index in [1.165, 1.54) is 0 Å². The van der Waals surface area contributed by atoms with Crippen LogP contribution in [0.5, 0.6) is 0 Å². The molecule has 0 fully saturated rings. The Morgan fingerprint density at radius 3 is 1.63 bits per heavy atom. The summed E-state index contributed by atoms with van der Waals surface area (Å²) < 4.78 is 421. The van der Waals surface area contributed by atoms with Crippen LogP contribution in [-0.4, -0.2) is 0 Å². The fourth-order valence-corrected chi connectivity index (χ4v) is 7.99. The molecular formula is C62H45N. The van der Waals surface area contributed by atoms with Crippen LogP contribution in [0.25, 0.3) is 55.3 Å². The summed E-state index contributed by atoms with van der Waals surface area (Å²) in [5.74, 6) is 0. The van der Waals surface area contributed by atoms with Crippen molar-refractivity contribution in [2.45, 2.75) is 24.5 Å². The highest BCUT2D eigenvalue weighted by atomic mass is 15.1. The van der Waals surface area contributed by atoms with Crippen LogP contribution in [0, 0.1) is 0 Å². The average Bonchev–Trinajstić information content (AvgIpc) is 1.49. The van der Waals surface area contributed by atoms with E-state index in [0.717, 1.165) is 0 Å². The summed E-state index contributed by atoms with van der Waals surface area (Å²) in [6, 6.07) is -52.8. The van der Waals surface area contributed by atoms with Crippen LogP contribution in [0.15, 0.2) is 236 Å². The molecule has 0 aliphatic heterocycles. The Morgan fingerprint density at radius 1 is 0.365 bits per heavy atom. The first-order valence-electron chi connectivity index (χ1n) is 40.9. The Morgan fingerprint density at radius 2 is 0.905 bits per heavy atom. The summed E-state index contributed by atoms with van der Waals surface area (Å²) in [6.45, 7) is -8.25. The minimum Gasteiger partial charge on any atom is -0.310 e. The molecule has 1 heteroatoms. The maximum Gasteiger partial charge on any atom is 0.0713 e. The van der Waals surface area contributed by atoms with Crippen molar-refractivity contribution < 1.29 is 61.7 Å². The molecule has 2 aliphatic carbocycles. The van der Waals surface area contributed by atoms with Crippen molar-refractivity contribution in [3.05, 3.63) is 269 Å². The molecule has 298 valence electrons. The molecule has 12 rings (SSSR count). The van der Waals surface area contributed by atoms with Crippen molar-refractivity contribution in [1.82, 2.24) is 0 Å². The third-order valence-corrected chi connectivity index (χ3v) is 10.6. The lowest BCUT2D eigenvalue weighted by atomic mass is 9.67. The first-order chi connectivity index (χ1) is 49.7. The standard InChI is InChI=1S/C62H45N/c1-61(2)55-30-16-14-27-51(55)52-40-38-48(41-58(52)61)63(46-24-10-5-11-25-46)47-36-33-43(34-37-47)50-39-35-42-19-12-13-26-49(42)59(50)54-29-18-32-57-60(54)53-28-15-17-31-56(53)62(57,44-20-6-3-7-21-44)45-22-8-4-9-23-45/h3-41H,1-2H3/i1D3,2D3,3D,4D,5D,6D,7D,8D,9D,10D,11D,12D,13D,14D,15D,16D,17D,18D,19D,20D,21D,22D,23D,24D,25D,26D,27D,28D,29D,30D,31D,32D,33D,34D,35D,36D,37D,38D,39D,40D,41D. The van der Waals surface area contributed by atoms with Crippen molar-refractivity contribution in [2.75, 3.05) is 4.90 Å². The first-order valence-corrected chi connectivity index (χ1v) is 18.4. The molecule has 0 saturated heterocycles. The van der Waals surface area contributed by atoms with Crippen LogP contribution in [0.1, 0.15) is 109 Å². The minimum atomic E-state index is -4.12. The number of benzene rings is 10. The number of hydrogen-bond acceptors (Lipinski definition) is 1. The molecule has 1 nitrogen and oxygen atoms in total. The summed E-state index contributed by atoms with van der Waals surface area (Å²) in [5.41, 5.74) is -29.0. The van der Waals surface area contributed by atoms with Gasteiger partial charge in [0, 0.05) is 30.7 Å². The molecule has 0 unspecified atom stereocenters. The van der Waals surface area contributed by atoms with Crippen molar-refractivity contribution in [1.29, 1.82) is 0 Å². The summed E-state index contributed by atoms with van der Waals surface area (Å²) in [5, 5.41) is -2.16. The molecular weight excluding hydrogens is 759 g/mol. The monoisotopic (exact) mass is 849 g/mol. The molecule has 0 radical (unpaired) electrons. The Kier molecular flexibility index (Phi) is 3.01. The van der Waals surface area contributed by atoms with Gasteiger partial charge in [-0.2, -0.15) is 0 Å². The summed E-state index contributed by atoms with van der Waals surface area (Å²) in [4.78, 5) is 0.0561. The van der Waals surface area contributed by atoms with Gasteiger partial charge in [-0.3, -0.25) is 0 Å². The van der Waals surface area contributed by atoms with Gasteiger partial charge in [0.15, 0.2) is 0 Å². The van der Waals surface area contributed by atoms with Crippen molar-refractivity contribution in [3.63, 3.8) is 0 Å². The zero-order chi connectivity index (χ0) is 81.1. The van der Waals surface area contributed by atoms with E-state index >= 15 is 0 Å². The second-order valence-corrected chi connectivity index (χ2v) is 13.8. The second kappa shape index (κ2) is 14.4. The van der Waals surface area contributed by atoms with Crippen LogP contribution in [0.2, 0.25) is 0 Å². The number of anilines is 3. The Labute approximate surface area is 433 Å². The predicted octanol–water partition coefficient (Wildman–Crippen LogP) is 16.3. The fraction of sp³-hybridized carbons (Fsp3) is 0.0645. The normalized spacial score (nSPS) is 24.3. The molecule has 0 saturated carbocycles. The lowest BCUT2D eigenvalue weighted by Gasteiger charge is -2.34. The van der Waals surface area contributed by atoms with Gasteiger partial charge in [0.1, 0.15) is 0 Å². The highest BCUT2D eigenvalue weighted by Crippen LogP contribution is 2.59. The van der Waals surface area contributed by atoms with Crippen molar-refractivity contribution in [3.8, 4) is 44.5 Å². The molecule has 0 N–H and O–H groups in total. The lowest BCUT2D eigenvalue weighted by molar-refractivity contribution is 0.660. The van der Waals surface area contributed by atoms with E-state index < -0.39 is 366 Å². The maximum absolute atomic E-state index is 10.2. The van der Waals surface area contributed by atoms with Crippen LogP contribution in [0.4, 0.5) is 17.1 Å². The third-order valence-electron chi connectivity index (χ3n) is 10.6. The van der Waals surface area contributed by atoms with Gasteiger partial charge in [0.25, 0.3) is 0 Å². The van der Waals surface area contributed by atoms with Gasteiger partial charge in [-0.15, -0.1) is 0 Å². The van der Waals surface area contributed by atoms with Gasteiger partial charge in [-0.05, 0) is 125 Å². The molecule has 0 aromatic heterocycles. The first kappa shape index (κ1) is 13.1. The number of para-hydroxylation sites is 1. The highest BCUT2D eigenvalue weighted by Gasteiger charge is 2.47. The van der Waals surface area contributed by atoms with Gasteiger partial charge < -0.3 is 4.90 Å². The number of rotatable bonds is 7. The summed E-state index contributed by atoms with van der Waals surface area (Å²) in [7, 11) is 0. The van der Waals surface area contributed by atoms with E-state index in [9.17, 15) is 32.9 Å². The third kappa shape index (κ3) is 5.56. The number of hydrogen-bond donors (Lipinski definition) is 0. The van der Waals surface area contributed by atoms with Crippen molar-refractivity contribution in [2.24, 2.45) is 0 Å². The quantitative estimate of drug-likeness (QED) is 0.154. The zero-order valence-corrected chi connectivity index (χ0v) is 31.4. The molecule has 10 aromatic carbocycles. The largest absolute Gasteiger partial charge is 0.310 e.